The smallest absolute Gasteiger partial charge is 0.406 e. The maximum atomic E-state index is 12.9. The van der Waals surface area contributed by atoms with Gasteiger partial charge >= 0.3 is 12.1 Å². The van der Waals surface area contributed by atoms with Crippen molar-refractivity contribution in [2.45, 2.75) is 31.2 Å². The number of hydrogen-bond donors (Lipinski definition) is 1. The molecule has 11 heteroatoms. The summed E-state index contributed by atoms with van der Waals surface area (Å²) in [5, 5.41) is -0.179. The van der Waals surface area contributed by atoms with Crippen LogP contribution in [0.25, 0.3) is 0 Å². The minimum atomic E-state index is -4.61. The Morgan fingerprint density at radius 2 is 2.14 bits per heavy atom. The second kappa shape index (κ2) is 8.74. The third kappa shape index (κ3) is 5.55. The summed E-state index contributed by atoms with van der Waals surface area (Å²) in [5.74, 6) is -0.564. The number of rotatable bonds is 8. The molecule has 0 aliphatic heterocycles. The molecule has 0 aliphatic rings. The Kier molecular flexibility index (Phi) is 6.83. The average Bonchev–Trinajstić information content (AvgIpc) is 3.01. The maximum Gasteiger partial charge on any atom is 0.416 e. The molecule has 0 amide bonds. The topological polar surface area (TPSA) is 85.4 Å². The Hall–Kier alpha value is -2.40. The van der Waals surface area contributed by atoms with Crippen LogP contribution in [0.4, 0.5) is 18.3 Å². The molecule has 0 saturated carbocycles. The molecule has 0 spiro atoms. The van der Waals surface area contributed by atoms with Crippen molar-refractivity contribution in [2.24, 2.45) is 0 Å². The van der Waals surface area contributed by atoms with Crippen LogP contribution in [-0.2, 0) is 21.0 Å². The van der Waals surface area contributed by atoms with E-state index in [0.717, 1.165) is 35.6 Å². The minimum Gasteiger partial charge on any atom is -0.406 e. The number of sulfonamides is 1. The number of aromatic nitrogens is 1. The van der Waals surface area contributed by atoms with Crippen molar-refractivity contribution < 1.29 is 31.1 Å². The number of ether oxygens (including phenoxy) is 1. The predicted octanol–water partition coefficient (Wildman–Crippen LogP) is 4.54. The van der Waals surface area contributed by atoms with Gasteiger partial charge in [0.25, 0.3) is 0 Å². The number of halogens is 3. The molecule has 1 aromatic carbocycles. The van der Waals surface area contributed by atoms with Crippen LogP contribution in [0.3, 0.4) is 0 Å². The lowest BCUT2D eigenvalue weighted by molar-refractivity contribution is -0.137. The number of nitrogens with one attached hydrogen (secondary N) is 1. The molecule has 2 aromatic rings. The molecule has 1 unspecified atom stereocenters. The Morgan fingerprint density at radius 3 is 2.75 bits per heavy atom. The van der Waals surface area contributed by atoms with Crippen molar-refractivity contribution in [3.63, 3.8) is 0 Å². The van der Waals surface area contributed by atoms with Gasteiger partial charge in [0, 0.05) is 6.42 Å². The number of thiazole rings is 1. The average molecular weight is 434 g/mol. The van der Waals surface area contributed by atoms with Gasteiger partial charge < -0.3 is 4.74 Å². The Balaban J connectivity index is 2.22. The second-order valence-corrected chi connectivity index (χ2v) is 8.30. The lowest BCUT2D eigenvalue weighted by Crippen LogP contribution is -2.20. The first-order valence-corrected chi connectivity index (χ1v) is 10.5. The standard InChI is InChI=1S/C17H17F3N2O4S2/c1-3-6-15(23)26-14-10-27-16(21-14)22-28(24,25)13(4-2)11-7-5-8-12(9-11)17(18,19)20/h4-5,7-10,13H,2-3,6H2,1H3,(H,21,22). The van der Waals surface area contributed by atoms with E-state index in [1.165, 1.54) is 11.4 Å². The van der Waals surface area contributed by atoms with Crippen molar-refractivity contribution in [1.82, 2.24) is 4.98 Å². The van der Waals surface area contributed by atoms with Crippen molar-refractivity contribution >= 4 is 32.5 Å². The lowest BCUT2D eigenvalue weighted by atomic mass is 10.1. The maximum absolute atomic E-state index is 12.9. The highest BCUT2D eigenvalue weighted by Crippen LogP contribution is 2.34. The fourth-order valence-electron chi connectivity index (χ4n) is 2.24. The van der Waals surface area contributed by atoms with E-state index in [-0.39, 0.29) is 23.0 Å². The van der Waals surface area contributed by atoms with Gasteiger partial charge in [-0.05, 0) is 18.1 Å². The largest absolute Gasteiger partial charge is 0.416 e. The summed E-state index contributed by atoms with van der Waals surface area (Å²) in [7, 11) is -4.19. The van der Waals surface area contributed by atoms with Crippen molar-refractivity contribution in [3.05, 3.63) is 53.4 Å². The van der Waals surface area contributed by atoms with Crippen LogP contribution >= 0.6 is 11.3 Å². The molecule has 28 heavy (non-hydrogen) atoms. The van der Waals surface area contributed by atoms with E-state index in [1.54, 1.807) is 6.92 Å². The normalized spacial score (nSPS) is 13.0. The van der Waals surface area contributed by atoms with Gasteiger partial charge in [0.1, 0.15) is 5.25 Å². The van der Waals surface area contributed by atoms with Gasteiger partial charge in [-0.25, -0.2) is 8.42 Å². The van der Waals surface area contributed by atoms with Gasteiger partial charge in [0.2, 0.25) is 15.9 Å². The molecule has 0 fully saturated rings. The molecule has 0 radical (unpaired) electrons. The summed E-state index contributed by atoms with van der Waals surface area (Å²) in [6, 6.07) is 3.99. The number of esters is 1. The van der Waals surface area contributed by atoms with Gasteiger partial charge in [0.15, 0.2) is 5.13 Å². The molecule has 152 valence electrons. The summed E-state index contributed by atoms with van der Waals surface area (Å²) >= 11 is 0.874. The van der Waals surface area contributed by atoms with Crippen molar-refractivity contribution in [1.29, 1.82) is 0 Å². The number of anilines is 1. The number of nitrogens with zero attached hydrogens (tertiary/aromatic N) is 1. The van der Waals surface area contributed by atoms with E-state index in [4.69, 9.17) is 4.74 Å². The van der Waals surface area contributed by atoms with E-state index < -0.39 is 33.0 Å². The minimum absolute atomic E-state index is 0.0598. The highest BCUT2D eigenvalue weighted by atomic mass is 32.2. The highest BCUT2D eigenvalue weighted by molar-refractivity contribution is 7.93. The lowest BCUT2D eigenvalue weighted by Gasteiger charge is -2.16. The Labute approximate surface area is 164 Å². The monoisotopic (exact) mass is 434 g/mol. The van der Waals surface area contributed by atoms with Crippen LogP contribution in [-0.4, -0.2) is 19.4 Å². The summed E-state index contributed by atoms with van der Waals surface area (Å²) in [6.07, 6.45) is -2.81. The first kappa shape index (κ1) is 21.9. The molecule has 2 rings (SSSR count). The summed E-state index contributed by atoms with van der Waals surface area (Å²) in [5.41, 5.74) is -1.06. The zero-order chi connectivity index (χ0) is 20.9. The van der Waals surface area contributed by atoms with Gasteiger partial charge in [-0.2, -0.15) is 18.2 Å². The van der Waals surface area contributed by atoms with Gasteiger partial charge in [-0.15, -0.1) is 17.9 Å². The Morgan fingerprint density at radius 1 is 1.43 bits per heavy atom. The molecule has 0 saturated heterocycles. The predicted molar refractivity (Wildman–Crippen MR) is 99.6 cm³/mol. The van der Waals surface area contributed by atoms with Crippen LogP contribution < -0.4 is 9.46 Å². The number of carbonyl (C=O) groups excluding carboxylic acids is 1. The number of alkyl halides is 3. The molecular weight excluding hydrogens is 417 g/mol. The Bertz CT molecular complexity index is 955. The number of carbonyl (C=O) groups is 1. The van der Waals surface area contributed by atoms with E-state index in [2.05, 4.69) is 16.3 Å². The SMILES string of the molecule is C=CC(c1cccc(C(F)(F)F)c1)S(=O)(=O)Nc1nc(OC(=O)CCC)cs1. The fraction of sp³-hybridized carbons (Fsp3) is 0.294. The van der Waals surface area contributed by atoms with Gasteiger partial charge in [-0.3, -0.25) is 9.52 Å². The molecular formula is C17H17F3N2O4S2. The highest BCUT2D eigenvalue weighted by Gasteiger charge is 2.33. The van der Waals surface area contributed by atoms with Crippen LogP contribution in [0.15, 0.2) is 42.3 Å². The van der Waals surface area contributed by atoms with Crippen LogP contribution in [0, 0.1) is 0 Å². The third-order valence-electron chi connectivity index (χ3n) is 3.48. The van der Waals surface area contributed by atoms with Crippen LogP contribution in [0.1, 0.15) is 36.1 Å². The summed E-state index contributed by atoms with van der Waals surface area (Å²) in [4.78, 5) is 15.3. The molecule has 6 nitrogen and oxygen atoms in total. The molecule has 1 N–H and O–H groups in total. The van der Waals surface area contributed by atoms with Gasteiger partial charge in [-0.1, -0.05) is 31.2 Å². The number of benzene rings is 1. The zero-order valence-electron chi connectivity index (χ0n) is 14.7. The molecule has 1 heterocycles. The first-order chi connectivity index (χ1) is 13.1. The van der Waals surface area contributed by atoms with Crippen LogP contribution in [0.5, 0.6) is 5.88 Å². The first-order valence-electron chi connectivity index (χ1n) is 8.04. The third-order valence-corrected chi connectivity index (χ3v) is 5.95. The molecule has 1 atom stereocenters. The summed E-state index contributed by atoms with van der Waals surface area (Å²) < 4.78 is 71.1. The summed E-state index contributed by atoms with van der Waals surface area (Å²) in [6.45, 7) is 5.21. The van der Waals surface area contributed by atoms with Crippen molar-refractivity contribution in [2.75, 3.05) is 4.72 Å². The molecule has 1 aromatic heterocycles. The quantitative estimate of drug-likeness (QED) is 0.487. The second-order valence-electron chi connectivity index (χ2n) is 5.64. The molecule has 0 bridgehead atoms. The van der Waals surface area contributed by atoms with E-state index in [9.17, 15) is 26.4 Å². The van der Waals surface area contributed by atoms with Gasteiger partial charge in [0.05, 0.1) is 10.9 Å². The van der Waals surface area contributed by atoms with E-state index in [0.29, 0.717) is 6.42 Å². The fourth-order valence-corrected chi connectivity index (χ4v) is 4.41. The molecule has 0 aliphatic carbocycles. The zero-order valence-corrected chi connectivity index (χ0v) is 16.3. The van der Waals surface area contributed by atoms with E-state index >= 15 is 0 Å². The number of hydrogen-bond acceptors (Lipinski definition) is 6. The van der Waals surface area contributed by atoms with E-state index in [1.807, 2.05) is 0 Å². The van der Waals surface area contributed by atoms with Crippen molar-refractivity contribution in [3.8, 4) is 5.88 Å². The van der Waals surface area contributed by atoms with Crippen LogP contribution in [0.2, 0.25) is 0 Å².